The van der Waals surface area contributed by atoms with Crippen molar-refractivity contribution in [2.45, 2.75) is 52.4 Å². The Morgan fingerprint density at radius 3 is 2.47 bits per heavy atom. The number of rotatable bonds is 7. The minimum absolute atomic E-state index is 0.510. The van der Waals surface area contributed by atoms with Gasteiger partial charge in [0.25, 0.3) is 0 Å². The zero-order valence-electron chi connectivity index (χ0n) is 12.4. The monoisotopic (exact) mass is 262 g/mol. The van der Waals surface area contributed by atoms with E-state index in [9.17, 15) is 0 Å². The summed E-state index contributed by atoms with van der Waals surface area (Å²) in [6.07, 6.45) is 7.34. The first-order chi connectivity index (χ1) is 9.21. The first-order valence-corrected chi connectivity index (χ1v) is 7.51. The number of aryl methyl sites for hydroxylation is 1. The maximum absolute atomic E-state index is 4.60. The molecule has 106 valence electrons. The van der Waals surface area contributed by atoms with Gasteiger partial charge in [0.1, 0.15) is 17.5 Å². The normalized spacial score (nSPS) is 16.8. The van der Waals surface area contributed by atoms with Crippen LogP contribution in [-0.4, -0.2) is 23.6 Å². The fraction of sp³-hybridized carbons (Fsp3) is 0.733. The molecular formula is C15H26N4. The minimum Gasteiger partial charge on any atom is -0.373 e. The van der Waals surface area contributed by atoms with Crippen LogP contribution in [0.2, 0.25) is 0 Å². The van der Waals surface area contributed by atoms with E-state index in [4.69, 9.17) is 0 Å². The molecule has 1 aromatic rings. The predicted octanol–water partition coefficient (Wildman–Crippen LogP) is 3.46. The number of nitrogens with one attached hydrogen (secondary N) is 2. The predicted molar refractivity (Wildman–Crippen MR) is 80.6 cm³/mol. The molecule has 1 fully saturated rings. The Morgan fingerprint density at radius 1 is 1.21 bits per heavy atom. The molecule has 4 nitrogen and oxygen atoms in total. The molecule has 1 aliphatic carbocycles. The standard InChI is InChI=1S/C15H26N4/c1-4-7-12-18-13(16-3)10-14(19-12)17-11-15(5-2)8-6-9-15/h10H,4-9,11H2,1-3H3,(H2,16,17,18,19). The summed E-state index contributed by atoms with van der Waals surface area (Å²) in [4.78, 5) is 9.08. The van der Waals surface area contributed by atoms with Crippen LogP contribution in [0.1, 0.15) is 51.8 Å². The number of anilines is 2. The van der Waals surface area contributed by atoms with Gasteiger partial charge in [-0.2, -0.15) is 0 Å². The molecule has 2 N–H and O–H groups in total. The number of aromatic nitrogens is 2. The molecule has 0 aromatic carbocycles. The summed E-state index contributed by atoms with van der Waals surface area (Å²) in [5.41, 5.74) is 0.510. The van der Waals surface area contributed by atoms with Crippen molar-refractivity contribution < 1.29 is 0 Å². The lowest BCUT2D eigenvalue weighted by Crippen LogP contribution is -2.36. The van der Waals surface area contributed by atoms with Crippen LogP contribution >= 0.6 is 0 Å². The highest BCUT2D eigenvalue weighted by Crippen LogP contribution is 2.43. The van der Waals surface area contributed by atoms with Crippen molar-refractivity contribution in [1.82, 2.24) is 9.97 Å². The lowest BCUT2D eigenvalue weighted by molar-refractivity contribution is 0.145. The molecule has 19 heavy (non-hydrogen) atoms. The van der Waals surface area contributed by atoms with Crippen molar-refractivity contribution in [3.8, 4) is 0 Å². The molecule has 1 saturated carbocycles. The minimum atomic E-state index is 0.510. The van der Waals surface area contributed by atoms with Gasteiger partial charge in [0, 0.05) is 26.1 Å². The van der Waals surface area contributed by atoms with E-state index in [1.807, 2.05) is 13.1 Å². The van der Waals surface area contributed by atoms with Crippen LogP contribution < -0.4 is 10.6 Å². The third-order valence-electron chi connectivity index (χ3n) is 4.31. The largest absolute Gasteiger partial charge is 0.373 e. The molecule has 0 unspecified atom stereocenters. The first kappa shape index (κ1) is 14.1. The van der Waals surface area contributed by atoms with Crippen molar-refractivity contribution >= 4 is 11.6 Å². The number of nitrogens with zero attached hydrogens (tertiary/aromatic N) is 2. The topological polar surface area (TPSA) is 49.8 Å². The van der Waals surface area contributed by atoms with Crippen molar-refractivity contribution in [3.63, 3.8) is 0 Å². The zero-order chi connectivity index (χ0) is 13.7. The summed E-state index contributed by atoms with van der Waals surface area (Å²) in [5.74, 6) is 2.79. The van der Waals surface area contributed by atoms with Gasteiger partial charge in [-0.25, -0.2) is 9.97 Å². The molecule has 0 amide bonds. The second-order valence-corrected chi connectivity index (χ2v) is 5.62. The van der Waals surface area contributed by atoms with Gasteiger partial charge in [0.15, 0.2) is 0 Å². The average Bonchev–Trinajstić information content (AvgIpc) is 2.38. The second kappa shape index (κ2) is 6.22. The molecule has 0 saturated heterocycles. The molecule has 0 spiro atoms. The van der Waals surface area contributed by atoms with Crippen molar-refractivity contribution in [2.24, 2.45) is 5.41 Å². The van der Waals surface area contributed by atoms with E-state index in [2.05, 4.69) is 34.4 Å². The Bertz CT molecular complexity index is 407. The third-order valence-corrected chi connectivity index (χ3v) is 4.31. The van der Waals surface area contributed by atoms with Gasteiger partial charge in [-0.05, 0) is 31.1 Å². The maximum Gasteiger partial charge on any atom is 0.133 e. The molecule has 1 heterocycles. The summed E-state index contributed by atoms with van der Waals surface area (Å²) in [7, 11) is 1.90. The Kier molecular flexibility index (Phi) is 4.61. The second-order valence-electron chi connectivity index (χ2n) is 5.62. The Balaban J connectivity index is 2.04. The summed E-state index contributed by atoms with van der Waals surface area (Å²) < 4.78 is 0. The molecule has 0 bridgehead atoms. The van der Waals surface area contributed by atoms with Gasteiger partial charge in [0.2, 0.25) is 0 Å². The summed E-state index contributed by atoms with van der Waals surface area (Å²) in [6, 6.07) is 2.00. The lowest BCUT2D eigenvalue weighted by Gasteiger charge is -2.41. The van der Waals surface area contributed by atoms with E-state index in [1.165, 1.54) is 25.7 Å². The highest BCUT2D eigenvalue weighted by molar-refractivity contribution is 5.47. The van der Waals surface area contributed by atoms with Crippen LogP contribution in [0.4, 0.5) is 11.6 Å². The van der Waals surface area contributed by atoms with E-state index in [-0.39, 0.29) is 0 Å². The number of hydrogen-bond donors (Lipinski definition) is 2. The van der Waals surface area contributed by atoms with Gasteiger partial charge >= 0.3 is 0 Å². The van der Waals surface area contributed by atoms with Crippen LogP contribution in [0, 0.1) is 5.41 Å². The van der Waals surface area contributed by atoms with Gasteiger partial charge in [-0.3, -0.25) is 0 Å². The van der Waals surface area contributed by atoms with Crippen molar-refractivity contribution in [3.05, 3.63) is 11.9 Å². The summed E-state index contributed by atoms with van der Waals surface area (Å²) in [5, 5.41) is 6.63. The average molecular weight is 262 g/mol. The highest BCUT2D eigenvalue weighted by atomic mass is 15.1. The molecule has 0 atom stereocenters. The number of hydrogen-bond acceptors (Lipinski definition) is 4. The maximum atomic E-state index is 4.60. The van der Waals surface area contributed by atoms with E-state index >= 15 is 0 Å². The Labute approximate surface area is 116 Å². The zero-order valence-corrected chi connectivity index (χ0v) is 12.4. The molecule has 1 aromatic heterocycles. The quantitative estimate of drug-likeness (QED) is 0.790. The fourth-order valence-electron chi connectivity index (χ4n) is 2.66. The fourth-order valence-corrected chi connectivity index (χ4v) is 2.66. The van der Waals surface area contributed by atoms with Crippen LogP contribution in [-0.2, 0) is 6.42 Å². The molecule has 4 heteroatoms. The molecule has 1 aliphatic rings. The molecule has 0 aliphatic heterocycles. The van der Waals surface area contributed by atoms with Crippen molar-refractivity contribution in [1.29, 1.82) is 0 Å². The Morgan fingerprint density at radius 2 is 1.95 bits per heavy atom. The first-order valence-electron chi connectivity index (χ1n) is 7.51. The highest BCUT2D eigenvalue weighted by Gasteiger charge is 2.34. The van der Waals surface area contributed by atoms with Gasteiger partial charge in [0.05, 0.1) is 0 Å². The van der Waals surface area contributed by atoms with E-state index in [0.29, 0.717) is 5.41 Å². The Hall–Kier alpha value is -1.32. The molecule has 0 radical (unpaired) electrons. The third kappa shape index (κ3) is 3.37. The summed E-state index contributed by atoms with van der Waals surface area (Å²) in [6.45, 7) is 5.49. The SMILES string of the molecule is CCCc1nc(NC)cc(NCC2(CC)CCC2)n1. The van der Waals surface area contributed by atoms with Crippen molar-refractivity contribution in [2.75, 3.05) is 24.2 Å². The molecule has 2 rings (SSSR count). The van der Waals surface area contributed by atoms with Gasteiger partial charge in [-0.15, -0.1) is 0 Å². The van der Waals surface area contributed by atoms with Crippen LogP contribution in [0.25, 0.3) is 0 Å². The van der Waals surface area contributed by atoms with Crippen LogP contribution in [0.3, 0.4) is 0 Å². The van der Waals surface area contributed by atoms with E-state index in [1.54, 1.807) is 0 Å². The van der Waals surface area contributed by atoms with Gasteiger partial charge in [-0.1, -0.05) is 20.3 Å². The van der Waals surface area contributed by atoms with Gasteiger partial charge < -0.3 is 10.6 Å². The lowest BCUT2D eigenvalue weighted by atomic mass is 9.67. The van der Waals surface area contributed by atoms with E-state index in [0.717, 1.165) is 36.8 Å². The van der Waals surface area contributed by atoms with Crippen LogP contribution in [0.5, 0.6) is 0 Å². The van der Waals surface area contributed by atoms with E-state index < -0.39 is 0 Å². The van der Waals surface area contributed by atoms with Crippen LogP contribution in [0.15, 0.2) is 6.07 Å². The smallest absolute Gasteiger partial charge is 0.133 e. The molecular weight excluding hydrogens is 236 g/mol. The summed E-state index contributed by atoms with van der Waals surface area (Å²) >= 11 is 0.